The minimum Gasteiger partial charge on any atom is -0.508 e. The Labute approximate surface area is 147 Å². The van der Waals surface area contributed by atoms with E-state index in [1.54, 1.807) is 6.07 Å². The van der Waals surface area contributed by atoms with Gasteiger partial charge in [0, 0.05) is 6.42 Å². The summed E-state index contributed by atoms with van der Waals surface area (Å²) in [6.07, 6.45) is 0.639. The van der Waals surface area contributed by atoms with Crippen molar-refractivity contribution in [3.05, 3.63) is 81.0 Å². The molecule has 0 aliphatic heterocycles. The molecular weight excluding hydrogens is 314 g/mol. The SMILES string of the molecule is Cc1ccc(Cn2nc(CC(C)c3ccc(O)c(C)c3)[nH]c2=O)cc1. The van der Waals surface area contributed by atoms with E-state index in [4.69, 9.17) is 0 Å². The summed E-state index contributed by atoms with van der Waals surface area (Å²) in [5.74, 6) is 1.17. The molecule has 0 radical (unpaired) electrons. The van der Waals surface area contributed by atoms with Gasteiger partial charge in [0.05, 0.1) is 6.54 Å². The Morgan fingerprint density at radius 3 is 2.56 bits per heavy atom. The first kappa shape index (κ1) is 17.0. The number of phenolic OH excluding ortho intramolecular Hbond substituents is 1. The Kier molecular flexibility index (Phi) is 4.74. The number of H-pyrrole nitrogens is 1. The third kappa shape index (κ3) is 3.99. The average molecular weight is 337 g/mol. The van der Waals surface area contributed by atoms with E-state index >= 15 is 0 Å². The van der Waals surface area contributed by atoms with Crippen LogP contribution in [0.15, 0.2) is 47.3 Å². The predicted molar refractivity (Wildman–Crippen MR) is 98.1 cm³/mol. The molecule has 0 saturated carbocycles. The van der Waals surface area contributed by atoms with Gasteiger partial charge < -0.3 is 5.11 Å². The quantitative estimate of drug-likeness (QED) is 0.750. The van der Waals surface area contributed by atoms with Crippen LogP contribution < -0.4 is 5.69 Å². The Balaban J connectivity index is 1.74. The minimum atomic E-state index is -0.190. The minimum absolute atomic E-state index is 0.190. The molecule has 1 unspecified atom stereocenters. The molecule has 5 nitrogen and oxygen atoms in total. The lowest BCUT2D eigenvalue weighted by Gasteiger charge is -2.11. The summed E-state index contributed by atoms with van der Waals surface area (Å²) in [7, 11) is 0. The molecule has 2 aromatic carbocycles. The monoisotopic (exact) mass is 337 g/mol. The van der Waals surface area contributed by atoms with Crippen LogP contribution in [0.2, 0.25) is 0 Å². The number of aryl methyl sites for hydroxylation is 2. The van der Waals surface area contributed by atoms with E-state index in [1.807, 2.05) is 50.2 Å². The number of phenols is 1. The molecule has 3 rings (SSSR count). The maximum absolute atomic E-state index is 12.1. The number of aromatic nitrogens is 3. The topological polar surface area (TPSA) is 70.9 Å². The number of aromatic amines is 1. The highest BCUT2D eigenvalue weighted by Gasteiger charge is 2.12. The molecular formula is C20H23N3O2. The van der Waals surface area contributed by atoms with Crippen molar-refractivity contribution in [2.75, 3.05) is 0 Å². The van der Waals surface area contributed by atoms with E-state index in [0.29, 0.717) is 24.5 Å². The lowest BCUT2D eigenvalue weighted by atomic mass is 9.96. The summed E-state index contributed by atoms with van der Waals surface area (Å²) >= 11 is 0. The number of aromatic hydroxyl groups is 1. The first-order chi connectivity index (χ1) is 11.9. The fourth-order valence-corrected chi connectivity index (χ4v) is 2.86. The van der Waals surface area contributed by atoms with Crippen LogP contribution in [0, 0.1) is 13.8 Å². The highest BCUT2D eigenvalue weighted by atomic mass is 16.3. The molecule has 0 aliphatic rings. The molecule has 0 bridgehead atoms. The third-order valence-electron chi connectivity index (χ3n) is 4.47. The molecule has 5 heteroatoms. The summed E-state index contributed by atoms with van der Waals surface area (Å²) in [5.41, 5.74) is 4.02. The summed E-state index contributed by atoms with van der Waals surface area (Å²) < 4.78 is 1.47. The summed E-state index contributed by atoms with van der Waals surface area (Å²) in [5, 5.41) is 14.1. The van der Waals surface area contributed by atoms with Crippen molar-refractivity contribution < 1.29 is 5.11 Å². The Hall–Kier alpha value is -2.82. The Morgan fingerprint density at radius 1 is 1.16 bits per heavy atom. The van der Waals surface area contributed by atoms with Crippen LogP contribution in [0.3, 0.4) is 0 Å². The Bertz CT molecular complexity index is 923. The molecule has 3 aromatic rings. The number of benzene rings is 2. The third-order valence-corrected chi connectivity index (χ3v) is 4.47. The summed E-state index contributed by atoms with van der Waals surface area (Å²) in [6.45, 7) is 6.46. The van der Waals surface area contributed by atoms with Crippen molar-refractivity contribution in [1.29, 1.82) is 0 Å². The van der Waals surface area contributed by atoms with Crippen molar-refractivity contribution in [3.63, 3.8) is 0 Å². The largest absolute Gasteiger partial charge is 0.508 e. The van der Waals surface area contributed by atoms with Crippen LogP contribution in [0.1, 0.15) is 40.9 Å². The molecule has 0 amide bonds. The lowest BCUT2D eigenvalue weighted by molar-refractivity contribution is 0.470. The second-order valence-electron chi connectivity index (χ2n) is 6.67. The average Bonchev–Trinajstić information content (AvgIpc) is 2.91. The van der Waals surface area contributed by atoms with Crippen molar-refractivity contribution in [2.45, 2.75) is 39.7 Å². The van der Waals surface area contributed by atoms with E-state index < -0.39 is 0 Å². The number of nitrogens with zero attached hydrogens (tertiary/aromatic N) is 2. The highest BCUT2D eigenvalue weighted by Crippen LogP contribution is 2.24. The zero-order valence-corrected chi connectivity index (χ0v) is 14.8. The van der Waals surface area contributed by atoms with Crippen LogP contribution in [-0.4, -0.2) is 19.9 Å². The van der Waals surface area contributed by atoms with Gasteiger partial charge in [0.15, 0.2) is 0 Å². The second-order valence-corrected chi connectivity index (χ2v) is 6.67. The molecule has 130 valence electrons. The molecule has 25 heavy (non-hydrogen) atoms. The maximum atomic E-state index is 12.1. The van der Waals surface area contributed by atoms with Gasteiger partial charge in [-0.2, -0.15) is 5.10 Å². The number of rotatable bonds is 5. The van der Waals surface area contributed by atoms with Gasteiger partial charge in [0.25, 0.3) is 0 Å². The Morgan fingerprint density at radius 2 is 1.88 bits per heavy atom. The maximum Gasteiger partial charge on any atom is 0.343 e. The van der Waals surface area contributed by atoms with Gasteiger partial charge in [0.1, 0.15) is 11.6 Å². The van der Waals surface area contributed by atoms with Crippen molar-refractivity contribution in [2.24, 2.45) is 0 Å². The van der Waals surface area contributed by atoms with Gasteiger partial charge in [-0.15, -0.1) is 0 Å². The van der Waals surface area contributed by atoms with Crippen LogP contribution in [0.25, 0.3) is 0 Å². The highest BCUT2D eigenvalue weighted by molar-refractivity contribution is 5.36. The van der Waals surface area contributed by atoms with Crippen molar-refractivity contribution in [3.8, 4) is 5.75 Å². The van der Waals surface area contributed by atoms with Crippen molar-refractivity contribution in [1.82, 2.24) is 14.8 Å². The van der Waals surface area contributed by atoms with Crippen LogP contribution in [0.5, 0.6) is 5.75 Å². The van der Waals surface area contributed by atoms with E-state index in [0.717, 1.165) is 16.7 Å². The molecule has 0 spiro atoms. The smallest absolute Gasteiger partial charge is 0.343 e. The number of hydrogen-bond acceptors (Lipinski definition) is 3. The van der Waals surface area contributed by atoms with Crippen molar-refractivity contribution >= 4 is 0 Å². The number of hydrogen-bond donors (Lipinski definition) is 2. The first-order valence-electron chi connectivity index (χ1n) is 8.43. The number of nitrogens with one attached hydrogen (secondary N) is 1. The zero-order chi connectivity index (χ0) is 18.0. The normalized spacial score (nSPS) is 12.3. The van der Waals surface area contributed by atoms with E-state index in [-0.39, 0.29) is 11.6 Å². The van der Waals surface area contributed by atoms with Crippen LogP contribution in [-0.2, 0) is 13.0 Å². The van der Waals surface area contributed by atoms with Gasteiger partial charge in [-0.3, -0.25) is 4.98 Å². The van der Waals surface area contributed by atoms with Crippen LogP contribution >= 0.6 is 0 Å². The fourth-order valence-electron chi connectivity index (χ4n) is 2.86. The summed E-state index contributed by atoms with van der Waals surface area (Å²) in [4.78, 5) is 15.0. The van der Waals surface area contributed by atoms with E-state index in [2.05, 4.69) is 17.0 Å². The molecule has 0 aliphatic carbocycles. The van der Waals surface area contributed by atoms with Gasteiger partial charge >= 0.3 is 5.69 Å². The molecule has 2 N–H and O–H groups in total. The molecule has 0 saturated heterocycles. The van der Waals surface area contributed by atoms with Gasteiger partial charge in [-0.1, -0.05) is 48.9 Å². The van der Waals surface area contributed by atoms with Crippen LogP contribution in [0.4, 0.5) is 0 Å². The van der Waals surface area contributed by atoms with E-state index in [1.165, 1.54) is 10.2 Å². The predicted octanol–water partition coefficient (Wildman–Crippen LogP) is 3.29. The molecule has 0 fully saturated rings. The van der Waals surface area contributed by atoms with Gasteiger partial charge in [-0.05, 0) is 42.5 Å². The molecule has 1 heterocycles. The van der Waals surface area contributed by atoms with Gasteiger partial charge in [-0.25, -0.2) is 9.48 Å². The first-order valence-corrected chi connectivity index (χ1v) is 8.43. The molecule has 1 atom stereocenters. The standard InChI is InChI=1S/C20H23N3O2/c1-13-4-6-16(7-5-13)12-23-20(25)21-19(22-23)11-14(2)17-8-9-18(24)15(3)10-17/h4-10,14,24H,11-12H2,1-3H3,(H,21,22,25). The molecule has 1 aromatic heterocycles. The fraction of sp³-hybridized carbons (Fsp3) is 0.300. The van der Waals surface area contributed by atoms with E-state index in [9.17, 15) is 9.90 Å². The second kappa shape index (κ2) is 6.97. The zero-order valence-electron chi connectivity index (χ0n) is 14.8. The lowest BCUT2D eigenvalue weighted by Crippen LogP contribution is -2.18. The van der Waals surface area contributed by atoms with Gasteiger partial charge in [0.2, 0.25) is 0 Å². The summed E-state index contributed by atoms with van der Waals surface area (Å²) in [6, 6.07) is 13.7.